The Bertz CT molecular complexity index is 636. The van der Waals surface area contributed by atoms with E-state index in [1.807, 2.05) is 30.3 Å². The largest absolute Gasteiger partial charge is 0.389 e. The first-order valence-electron chi connectivity index (χ1n) is 8.46. The predicted octanol–water partition coefficient (Wildman–Crippen LogP) is 2.93. The maximum Gasteiger partial charge on any atom is 0.123 e. The molecule has 0 aliphatic carbocycles. The average Bonchev–Trinajstić information content (AvgIpc) is 2.58. The highest BCUT2D eigenvalue weighted by molar-refractivity contribution is 5.19. The number of halogens is 1. The molecule has 2 aromatic rings. The Labute approximate surface area is 142 Å². The second-order valence-corrected chi connectivity index (χ2v) is 6.75. The molecule has 2 aromatic carbocycles. The summed E-state index contributed by atoms with van der Waals surface area (Å²) in [5.74, 6) is -0.296. The van der Waals surface area contributed by atoms with Crippen LogP contribution in [0.4, 0.5) is 4.39 Å². The summed E-state index contributed by atoms with van der Waals surface area (Å²) in [6, 6.07) is 16.0. The molecule has 0 saturated carbocycles. The number of hydrogen-bond donors (Lipinski definition) is 2. The van der Waals surface area contributed by atoms with E-state index in [-0.39, 0.29) is 5.82 Å². The van der Waals surface area contributed by atoms with Crippen LogP contribution in [0.3, 0.4) is 0 Å². The average molecular weight is 329 g/mol. The smallest absolute Gasteiger partial charge is 0.123 e. The molecule has 1 saturated heterocycles. The molecule has 0 bridgehead atoms. The van der Waals surface area contributed by atoms with Crippen molar-refractivity contribution in [3.8, 4) is 0 Å². The topological polar surface area (TPSA) is 43.7 Å². The van der Waals surface area contributed by atoms with Crippen LogP contribution in [0.25, 0.3) is 0 Å². The molecule has 3 rings (SSSR count). The lowest BCUT2D eigenvalue weighted by Crippen LogP contribution is -2.46. The van der Waals surface area contributed by atoms with Crippen LogP contribution in [0.2, 0.25) is 0 Å². The second-order valence-electron chi connectivity index (χ2n) is 6.75. The normalized spacial score (nSPS) is 19.1. The van der Waals surface area contributed by atoms with E-state index >= 15 is 0 Å². The summed E-state index contributed by atoms with van der Waals surface area (Å²) in [6.45, 7) is 2.01. The summed E-state index contributed by atoms with van der Waals surface area (Å²) >= 11 is 0. The highest BCUT2D eigenvalue weighted by atomic mass is 19.1. The number of hydrogen-bond acceptors (Lipinski definition) is 3. The van der Waals surface area contributed by atoms with Gasteiger partial charge in [0, 0.05) is 26.1 Å². The molecule has 4 heteroatoms. The van der Waals surface area contributed by atoms with Crippen molar-refractivity contribution in [2.75, 3.05) is 19.6 Å². The van der Waals surface area contributed by atoms with Gasteiger partial charge in [0.15, 0.2) is 0 Å². The van der Waals surface area contributed by atoms with Crippen molar-refractivity contribution < 1.29 is 14.6 Å². The van der Waals surface area contributed by atoms with Crippen molar-refractivity contribution in [2.24, 2.45) is 0 Å². The van der Waals surface area contributed by atoms with Crippen molar-refractivity contribution in [1.82, 2.24) is 4.90 Å². The lowest BCUT2D eigenvalue weighted by atomic mass is 9.85. The van der Waals surface area contributed by atoms with E-state index in [0.29, 0.717) is 25.8 Å². The Hall–Kier alpha value is -1.75. The Balaban J connectivity index is 1.52. The van der Waals surface area contributed by atoms with E-state index < -0.39 is 11.7 Å². The first kappa shape index (κ1) is 17.1. The molecule has 128 valence electrons. The fourth-order valence-corrected chi connectivity index (χ4v) is 3.34. The van der Waals surface area contributed by atoms with Crippen molar-refractivity contribution in [2.45, 2.75) is 31.0 Å². The quantitative estimate of drug-likeness (QED) is 0.886. The molecule has 1 unspecified atom stereocenters. The molecule has 24 heavy (non-hydrogen) atoms. The Kier molecular flexibility index (Phi) is 5.29. The number of likely N-dealkylation sites (tertiary alicyclic amines) is 1. The molecule has 1 atom stereocenters. The summed E-state index contributed by atoms with van der Waals surface area (Å²) in [5.41, 5.74) is 1.21. The predicted molar refractivity (Wildman–Crippen MR) is 92.1 cm³/mol. The van der Waals surface area contributed by atoms with Gasteiger partial charge in [-0.25, -0.2) is 4.39 Å². The Morgan fingerprint density at radius 2 is 1.62 bits per heavy atom. The Morgan fingerprint density at radius 3 is 2.25 bits per heavy atom. The Morgan fingerprint density at radius 1 is 1.00 bits per heavy atom. The molecule has 1 aliphatic heterocycles. The minimum absolute atomic E-state index is 0.296. The van der Waals surface area contributed by atoms with Gasteiger partial charge in [0.25, 0.3) is 0 Å². The number of piperidine rings is 1. The zero-order valence-electron chi connectivity index (χ0n) is 13.7. The van der Waals surface area contributed by atoms with Gasteiger partial charge in [0.1, 0.15) is 5.82 Å². The van der Waals surface area contributed by atoms with Gasteiger partial charge in [-0.05, 0) is 36.1 Å². The zero-order valence-corrected chi connectivity index (χ0v) is 13.7. The molecule has 1 fully saturated rings. The van der Waals surface area contributed by atoms with E-state index in [2.05, 4.69) is 4.90 Å². The number of aliphatic hydroxyl groups is 2. The van der Waals surface area contributed by atoms with Gasteiger partial charge in [-0.2, -0.15) is 0 Å². The maximum absolute atomic E-state index is 13.0. The van der Waals surface area contributed by atoms with E-state index in [0.717, 1.165) is 24.2 Å². The summed E-state index contributed by atoms with van der Waals surface area (Å²) in [4.78, 5) is 2.16. The number of β-amino-alcohol motifs (C(OH)–C–C–N with tert-alkyl or cyclic N) is 1. The highest BCUT2D eigenvalue weighted by Gasteiger charge is 2.32. The number of nitrogens with zero attached hydrogens (tertiary/aromatic N) is 1. The fourth-order valence-electron chi connectivity index (χ4n) is 3.34. The zero-order chi connectivity index (χ0) is 17.0. The lowest BCUT2D eigenvalue weighted by Gasteiger charge is -2.39. The van der Waals surface area contributed by atoms with Crippen LogP contribution in [-0.4, -0.2) is 40.3 Å². The number of rotatable bonds is 5. The number of benzene rings is 2. The van der Waals surface area contributed by atoms with Gasteiger partial charge in [-0.15, -0.1) is 0 Å². The van der Waals surface area contributed by atoms with Gasteiger partial charge >= 0.3 is 0 Å². The van der Waals surface area contributed by atoms with Gasteiger partial charge in [-0.3, -0.25) is 0 Å². The van der Waals surface area contributed by atoms with E-state index in [1.54, 1.807) is 12.1 Å². The molecule has 0 radical (unpaired) electrons. The van der Waals surface area contributed by atoms with Crippen LogP contribution >= 0.6 is 0 Å². The van der Waals surface area contributed by atoms with Crippen molar-refractivity contribution in [3.05, 3.63) is 71.5 Å². The third-order valence-electron chi connectivity index (χ3n) is 4.85. The van der Waals surface area contributed by atoms with E-state index in [1.165, 1.54) is 12.1 Å². The number of aliphatic hydroxyl groups excluding tert-OH is 1. The van der Waals surface area contributed by atoms with Crippen LogP contribution in [0.15, 0.2) is 54.6 Å². The first-order chi connectivity index (χ1) is 11.5. The van der Waals surface area contributed by atoms with Crippen molar-refractivity contribution in [1.29, 1.82) is 0 Å². The second kappa shape index (κ2) is 7.43. The van der Waals surface area contributed by atoms with E-state index in [4.69, 9.17) is 0 Å². The summed E-state index contributed by atoms with van der Waals surface area (Å²) in [5, 5.41) is 21.1. The van der Waals surface area contributed by atoms with E-state index in [9.17, 15) is 14.6 Å². The molecule has 1 heterocycles. The van der Waals surface area contributed by atoms with Crippen LogP contribution in [0, 0.1) is 5.82 Å². The third kappa shape index (κ3) is 4.41. The minimum Gasteiger partial charge on any atom is -0.389 e. The maximum atomic E-state index is 13.0. The summed E-state index contributed by atoms with van der Waals surface area (Å²) in [7, 11) is 0. The third-order valence-corrected chi connectivity index (χ3v) is 4.85. The molecule has 1 aliphatic rings. The molecule has 0 amide bonds. The fraction of sp³-hybridized carbons (Fsp3) is 0.400. The SMILES string of the molecule is OC(CN1CCC(O)(Cc2ccccc2)CC1)c1ccc(F)cc1. The monoisotopic (exact) mass is 329 g/mol. The first-order valence-corrected chi connectivity index (χ1v) is 8.46. The van der Waals surface area contributed by atoms with Crippen LogP contribution in [-0.2, 0) is 6.42 Å². The highest BCUT2D eigenvalue weighted by Crippen LogP contribution is 2.27. The molecule has 0 aromatic heterocycles. The summed E-state index contributed by atoms with van der Waals surface area (Å²) < 4.78 is 13.0. The molecule has 0 spiro atoms. The summed E-state index contributed by atoms with van der Waals surface area (Å²) in [6.07, 6.45) is 1.42. The standard InChI is InChI=1S/C20H24FNO2/c21-18-8-6-17(7-9-18)19(23)15-22-12-10-20(24,11-13-22)14-16-4-2-1-3-5-16/h1-9,19,23-24H,10-15H2. The van der Waals surface area contributed by atoms with Crippen LogP contribution < -0.4 is 0 Å². The van der Waals surface area contributed by atoms with Crippen molar-refractivity contribution in [3.63, 3.8) is 0 Å². The van der Waals surface area contributed by atoms with Gasteiger partial charge in [-0.1, -0.05) is 42.5 Å². The minimum atomic E-state index is -0.668. The van der Waals surface area contributed by atoms with Crippen molar-refractivity contribution >= 4 is 0 Å². The van der Waals surface area contributed by atoms with Gasteiger partial charge in [0.2, 0.25) is 0 Å². The van der Waals surface area contributed by atoms with Crippen LogP contribution in [0.1, 0.15) is 30.1 Å². The molecule has 3 nitrogen and oxygen atoms in total. The molecular weight excluding hydrogens is 305 g/mol. The van der Waals surface area contributed by atoms with Gasteiger partial charge in [0.05, 0.1) is 11.7 Å². The lowest BCUT2D eigenvalue weighted by molar-refractivity contribution is -0.0295. The van der Waals surface area contributed by atoms with Crippen LogP contribution in [0.5, 0.6) is 0 Å². The van der Waals surface area contributed by atoms with Gasteiger partial charge < -0.3 is 15.1 Å². The molecule has 2 N–H and O–H groups in total. The molecular formula is C20H24FNO2.